The van der Waals surface area contributed by atoms with Gasteiger partial charge in [0.2, 0.25) is 0 Å². The first-order valence-corrected chi connectivity index (χ1v) is 7.20. The summed E-state index contributed by atoms with van der Waals surface area (Å²) < 4.78 is 10.6. The normalized spacial score (nSPS) is 17.2. The molecule has 1 fully saturated rings. The molecular formula is C16H25NO2. The lowest BCUT2D eigenvalue weighted by Gasteiger charge is -2.20. The average Bonchev–Trinajstić information content (AvgIpc) is 2.68. The number of ether oxygens (including phenoxy) is 2. The van der Waals surface area contributed by atoms with Gasteiger partial charge in [0.1, 0.15) is 5.75 Å². The average molecular weight is 263 g/mol. The minimum atomic E-state index is 0.608. The van der Waals surface area contributed by atoms with Crippen LogP contribution in [0.4, 0.5) is 0 Å². The van der Waals surface area contributed by atoms with E-state index in [2.05, 4.69) is 23.1 Å². The maximum absolute atomic E-state index is 5.37. The van der Waals surface area contributed by atoms with Crippen molar-refractivity contribution in [2.45, 2.75) is 38.8 Å². The van der Waals surface area contributed by atoms with Crippen molar-refractivity contribution in [1.29, 1.82) is 0 Å². The van der Waals surface area contributed by atoms with Crippen molar-refractivity contribution < 1.29 is 9.47 Å². The van der Waals surface area contributed by atoms with Gasteiger partial charge in [0, 0.05) is 19.2 Å². The van der Waals surface area contributed by atoms with Crippen LogP contribution in [0.1, 0.15) is 36.8 Å². The fourth-order valence-corrected chi connectivity index (χ4v) is 2.75. The van der Waals surface area contributed by atoms with Crippen LogP contribution in [-0.4, -0.2) is 32.2 Å². The lowest BCUT2D eigenvalue weighted by molar-refractivity contribution is 0.181. The molecule has 0 aromatic heterocycles. The van der Waals surface area contributed by atoms with Gasteiger partial charge in [-0.25, -0.2) is 0 Å². The molecule has 0 amide bonds. The number of nitrogens with zero attached hydrogens (tertiary/aromatic N) is 1. The van der Waals surface area contributed by atoms with Crippen molar-refractivity contribution in [3.63, 3.8) is 0 Å². The largest absolute Gasteiger partial charge is 0.496 e. The van der Waals surface area contributed by atoms with Gasteiger partial charge in [-0.15, -0.1) is 0 Å². The molecule has 1 heterocycles. The maximum atomic E-state index is 5.37. The Bertz CT molecular complexity index is 384. The van der Waals surface area contributed by atoms with E-state index in [-0.39, 0.29) is 0 Å². The highest BCUT2D eigenvalue weighted by molar-refractivity contribution is 5.36. The second-order valence-electron chi connectivity index (χ2n) is 5.27. The number of hydrogen-bond acceptors (Lipinski definition) is 3. The van der Waals surface area contributed by atoms with Gasteiger partial charge < -0.3 is 9.47 Å². The monoisotopic (exact) mass is 263 g/mol. The SMILES string of the molecule is COCc1cc(CN2CCCCCC2)ccc1OC. The number of benzene rings is 1. The van der Waals surface area contributed by atoms with Crippen LogP contribution in [-0.2, 0) is 17.9 Å². The van der Waals surface area contributed by atoms with Crippen LogP contribution in [0, 0.1) is 0 Å². The molecule has 1 aromatic carbocycles. The Morgan fingerprint density at radius 3 is 2.42 bits per heavy atom. The summed E-state index contributed by atoms with van der Waals surface area (Å²) in [5, 5.41) is 0. The van der Waals surface area contributed by atoms with E-state index >= 15 is 0 Å². The van der Waals surface area contributed by atoms with Gasteiger partial charge in [-0.3, -0.25) is 4.90 Å². The van der Waals surface area contributed by atoms with Crippen LogP contribution >= 0.6 is 0 Å². The highest BCUT2D eigenvalue weighted by atomic mass is 16.5. The summed E-state index contributed by atoms with van der Waals surface area (Å²) in [6.07, 6.45) is 5.43. The number of rotatable bonds is 5. The van der Waals surface area contributed by atoms with Gasteiger partial charge >= 0.3 is 0 Å². The Balaban J connectivity index is 2.04. The molecule has 0 radical (unpaired) electrons. The first-order valence-electron chi connectivity index (χ1n) is 7.20. The summed E-state index contributed by atoms with van der Waals surface area (Å²) in [5.41, 5.74) is 2.49. The highest BCUT2D eigenvalue weighted by Gasteiger charge is 2.11. The fraction of sp³-hybridized carbons (Fsp3) is 0.625. The van der Waals surface area contributed by atoms with E-state index in [1.54, 1.807) is 14.2 Å². The van der Waals surface area contributed by atoms with Crippen molar-refractivity contribution in [1.82, 2.24) is 4.90 Å². The minimum Gasteiger partial charge on any atom is -0.496 e. The molecule has 2 rings (SSSR count). The predicted molar refractivity (Wildman–Crippen MR) is 77.5 cm³/mol. The third-order valence-corrected chi connectivity index (χ3v) is 3.75. The number of methoxy groups -OCH3 is 2. The number of hydrogen-bond donors (Lipinski definition) is 0. The molecule has 0 aliphatic carbocycles. The van der Waals surface area contributed by atoms with Crippen molar-refractivity contribution in [3.05, 3.63) is 29.3 Å². The summed E-state index contributed by atoms with van der Waals surface area (Å²) in [7, 11) is 3.43. The van der Waals surface area contributed by atoms with Gasteiger partial charge in [-0.05, 0) is 43.6 Å². The van der Waals surface area contributed by atoms with Crippen molar-refractivity contribution >= 4 is 0 Å². The molecule has 0 N–H and O–H groups in total. The van der Waals surface area contributed by atoms with Crippen LogP contribution in [0.3, 0.4) is 0 Å². The molecule has 3 heteroatoms. The van der Waals surface area contributed by atoms with Crippen LogP contribution in [0.2, 0.25) is 0 Å². The highest BCUT2D eigenvalue weighted by Crippen LogP contribution is 2.22. The molecule has 1 aliphatic rings. The van der Waals surface area contributed by atoms with Crippen LogP contribution in [0.15, 0.2) is 18.2 Å². The van der Waals surface area contributed by atoms with Gasteiger partial charge in [0.25, 0.3) is 0 Å². The molecule has 1 aromatic rings. The van der Waals surface area contributed by atoms with E-state index in [9.17, 15) is 0 Å². The lowest BCUT2D eigenvalue weighted by Crippen LogP contribution is -2.24. The van der Waals surface area contributed by atoms with Gasteiger partial charge in [-0.2, -0.15) is 0 Å². The molecule has 0 saturated carbocycles. The van der Waals surface area contributed by atoms with Gasteiger partial charge in [0.05, 0.1) is 13.7 Å². The van der Waals surface area contributed by atoms with E-state index < -0.39 is 0 Å². The van der Waals surface area contributed by atoms with Gasteiger partial charge in [-0.1, -0.05) is 18.9 Å². The molecular weight excluding hydrogens is 238 g/mol. The summed E-state index contributed by atoms with van der Waals surface area (Å²) in [6, 6.07) is 6.44. The molecule has 0 bridgehead atoms. The summed E-state index contributed by atoms with van der Waals surface area (Å²) in [6.45, 7) is 4.11. The Hall–Kier alpha value is -1.06. The van der Waals surface area contributed by atoms with Crippen LogP contribution in [0.5, 0.6) is 5.75 Å². The summed E-state index contributed by atoms with van der Waals surface area (Å²) in [5.74, 6) is 0.918. The van der Waals surface area contributed by atoms with Crippen LogP contribution < -0.4 is 4.74 Å². The van der Waals surface area contributed by atoms with Crippen molar-refractivity contribution in [2.75, 3.05) is 27.3 Å². The first kappa shape index (κ1) is 14.4. The first-order chi connectivity index (χ1) is 9.33. The van der Waals surface area contributed by atoms with Crippen molar-refractivity contribution in [2.24, 2.45) is 0 Å². The van der Waals surface area contributed by atoms with Crippen LogP contribution in [0.25, 0.3) is 0 Å². The molecule has 3 nitrogen and oxygen atoms in total. The molecule has 19 heavy (non-hydrogen) atoms. The van der Waals surface area contributed by atoms with E-state index in [1.807, 2.05) is 0 Å². The standard InChI is InChI=1S/C16H25NO2/c1-18-13-15-11-14(7-8-16(15)19-2)12-17-9-5-3-4-6-10-17/h7-8,11H,3-6,9-10,12-13H2,1-2H3. The minimum absolute atomic E-state index is 0.608. The second-order valence-corrected chi connectivity index (χ2v) is 5.27. The predicted octanol–water partition coefficient (Wildman–Crippen LogP) is 3.22. The summed E-state index contributed by atoms with van der Waals surface area (Å²) >= 11 is 0. The topological polar surface area (TPSA) is 21.7 Å². The van der Waals surface area contributed by atoms with E-state index in [0.29, 0.717) is 6.61 Å². The Morgan fingerprint density at radius 2 is 1.79 bits per heavy atom. The molecule has 0 unspecified atom stereocenters. The molecule has 106 valence electrons. The Morgan fingerprint density at radius 1 is 1.05 bits per heavy atom. The summed E-state index contributed by atoms with van der Waals surface area (Å²) in [4.78, 5) is 2.56. The Kier molecular flexibility index (Phi) is 5.67. The van der Waals surface area contributed by atoms with Crippen molar-refractivity contribution in [3.8, 4) is 5.75 Å². The molecule has 0 spiro atoms. The third-order valence-electron chi connectivity index (χ3n) is 3.75. The molecule has 0 atom stereocenters. The maximum Gasteiger partial charge on any atom is 0.124 e. The third kappa shape index (κ3) is 4.22. The van der Waals surface area contributed by atoms with E-state index in [1.165, 1.54) is 44.3 Å². The van der Waals surface area contributed by atoms with E-state index in [4.69, 9.17) is 9.47 Å². The quantitative estimate of drug-likeness (QED) is 0.814. The van der Waals surface area contributed by atoms with E-state index in [0.717, 1.165) is 17.9 Å². The zero-order valence-corrected chi connectivity index (χ0v) is 12.2. The zero-order valence-electron chi connectivity index (χ0n) is 12.2. The number of likely N-dealkylation sites (tertiary alicyclic amines) is 1. The smallest absolute Gasteiger partial charge is 0.124 e. The Labute approximate surface area is 116 Å². The fourth-order valence-electron chi connectivity index (χ4n) is 2.75. The van der Waals surface area contributed by atoms with Gasteiger partial charge in [0.15, 0.2) is 0 Å². The molecule has 1 aliphatic heterocycles. The lowest BCUT2D eigenvalue weighted by atomic mass is 10.1. The molecule has 1 saturated heterocycles. The zero-order chi connectivity index (χ0) is 13.5. The second kappa shape index (κ2) is 7.51.